The molecule has 0 spiro atoms. The quantitative estimate of drug-likeness (QED) is 0.853. The Balaban J connectivity index is 3.13. The van der Waals surface area contributed by atoms with Crippen LogP contribution in [0.1, 0.15) is 0 Å². The lowest BCUT2D eigenvalue weighted by Gasteiger charge is -2.07. The molecule has 0 saturated carbocycles. The summed E-state index contributed by atoms with van der Waals surface area (Å²) >= 11 is 9.10. The molecule has 1 aromatic carbocycles. The number of halogens is 2. The third kappa shape index (κ3) is 2.35. The Morgan fingerprint density at radius 2 is 2.31 bits per heavy atom. The smallest absolute Gasteiger partial charge is 0.211 e. The lowest BCUT2D eigenvalue weighted by Crippen LogP contribution is -1.95. The summed E-state index contributed by atoms with van der Waals surface area (Å²) in [6.07, 6.45) is 0.564. The topological polar surface area (TPSA) is 38.3 Å². The third-order valence-electron chi connectivity index (χ3n) is 1.46. The predicted octanol–water partition coefficient (Wildman–Crippen LogP) is 2.68. The lowest BCUT2D eigenvalue weighted by atomic mass is 10.3. The number of methoxy groups -OCH3 is 1. The Morgan fingerprint density at radius 3 is 2.85 bits per heavy atom. The maximum atomic E-state index is 10.2. The molecule has 0 unspecified atom stereocenters. The Morgan fingerprint density at radius 1 is 1.62 bits per heavy atom. The van der Waals surface area contributed by atoms with E-state index < -0.39 is 0 Å². The van der Waals surface area contributed by atoms with Gasteiger partial charge in [0, 0.05) is 6.07 Å². The first-order chi connectivity index (χ1) is 6.19. The van der Waals surface area contributed by atoms with Crippen LogP contribution in [0.5, 0.6) is 5.75 Å². The summed E-state index contributed by atoms with van der Waals surface area (Å²) in [7, 11) is 1.54. The van der Waals surface area contributed by atoms with E-state index in [4.69, 9.17) is 16.3 Å². The van der Waals surface area contributed by atoms with E-state index in [0.29, 0.717) is 22.9 Å². The van der Waals surface area contributed by atoms with Crippen molar-refractivity contribution in [2.24, 2.45) is 0 Å². The summed E-state index contributed by atoms with van der Waals surface area (Å²) in [5.41, 5.74) is 0.525. The van der Waals surface area contributed by atoms with Crippen LogP contribution in [-0.4, -0.2) is 13.5 Å². The van der Waals surface area contributed by atoms with Crippen LogP contribution in [0.15, 0.2) is 16.6 Å². The van der Waals surface area contributed by atoms with Crippen molar-refractivity contribution in [3.63, 3.8) is 0 Å². The molecule has 0 bridgehead atoms. The van der Waals surface area contributed by atoms with Gasteiger partial charge in [-0.3, -0.25) is 4.79 Å². The van der Waals surface area contributed by atoms with Crippen molar-refractivity contribution in [1.29, 1.82) is 0 Å². The van der Waals surface area contributed by atoms with E-state index in [1.54, 1.807) is 19.2 Å². The maximum absolute atomic E-state index is 10.2. The van der Waals surface area contributed by atoms with Crippen LogP contribution in [0.2, 0.25) is 5.02 Å². The number of anilines is 1. The summed E-state index contributed by atoms with van der Waals surface area (Å²) in [6, 6.07) is 3.30. The first-order valence-electron chi connectivity index (χ1n) is 3.42. The number of hydrogen-bond donors (Lipinski definition) is 1. The molecule has 0 aromatic heterocycles. The zero-order valence-corrected chi connectivity index (χ0v) is 9.15. The van der Waals surface area contributed by atoms with Crippen molar-refractivity contribution in [3.05, 3.63) is 21.6 Å². The van der Waals surface area contributed by atoms with E-state index in [9.17, 15) is 4.79 Å². The molecule has 13 heavy (non-hydrogen) atoms. The zero-order chi connectivity index (χ0) is 9.84. The van der Waals surface area contributed by atoms with Crippen molar-refractivity contribution in [1.82, 2.24) is 0 Å². The van der Waals surface area contributed by atoms with Crippen molar-refractivity contribution < 1.29 is 9.53 Å². The van der Waals surface area contributed by atoms with E-state index in [2.05, 4.69) is 21.2 Å². The van der Waals surface area contributed by atoms with Gasteiger partial charge in [0.25, 0.3) is 0 Å². The highest BCUT2D eigenvalue weighted by molar-refractivity contribution is 9.10. The molecule has 0 heterocycles. The van der Waals surface area contributed by atoms with Gasteiger partial charge in [-0.15, -0.1) is 0 Å². The molecule has 0 saturated heterocycles. The van der Waals surface area contributed by atoms with Gasteiger partial charge in [-0.2, -0.15) is 0 Å². The molecule has 0 fully saturated rings. The largest absolute Gasteiger partial charge is 0.495 e. The van der Waals surface area contributed by atoms with E-state index in [-0.39, 0.29) is 0 Å². The minimum absolute atomic E-state index is 0.458. The van der Waals surface area contributed by atoms with Gasteiger partial charge >= 0.3 is 0 Å². The zero-order valence-electron chi connectivity index (χ0n) is 6.80. The number of carbonyl (C=O) groups excluding carboxylic acids is 1. The number of ether oxygens (including phenoxy) is 1. The fraction of sp³-hybridized carbons (Fsp3) is 0.125. The highest BCUT2D eigenvalue weighted by atomic mass is 79.9. The fourth-order valence-corrected chi connectivity index (χ4v) is 1.71. The highest BCUT2D eigenvalue weighted by Crippen LogP contribution is 2.33. The van der Waals surface area contributed by atoms with Gasteiger partial charge < -0.3 is 10.1 Å². The average Bonchev–Trinajstić information content (AvgIpc) is 2.10. The molecule has 3 nitrogen and oxygen atoms in total. The van der Waals surface area contributed by atoms with Gasteiger partial charge in [-0.1, -0.05) is 11.6 Å². The van der Waals surface area contributed by atoms with Crippen LogP contribution in [0.4, 0.5) is 5.69 Å². The number of rotatable bonds is 3. The second kappa shape index (κ2) is 4.48. The molecule has 70 valence electrons. The van der Waals surface area contributed by atoms with Crippen LogP contribution in [-0.2, 0) is 4.79 Å². The third-order valence-corrected chi connectivity index (χ3v) is 2.39. The van der Waals surface area contributed by atoms with Crippen LogP contribution in [0.25, 0.3) is 0 Å². The Bertz CT molecular complexity index is 330. The second-order valence-corrected chi connectivity index (χ2v) is 3.49. The van der Waals surface area contributed by atoms with E-state index >= 15 is 0 Å². The summed E-state index contributed by atoms with van der Waals surface area (Å²) < 4.78 is 5.77. The molecular formula is C8H7BrClNO2. The molecule has 0 aliphatic rings. The van der Waals surface area contributed by atoms with Crippen molar-refractivity contribution in [2.45, 2.75) is 0 Å². The Hall–Kier alpha value is -0.740. The van der Waals surface area contributed by atoms with Crippen LogP contribution >= 0.6 is 27.5 Å². The van der Waals surface area contributed by atoms with Gasteiger partial charge in [0.1, 0.15) is 5.75 Å². The second-order valence-electron chi connectivity index (χ2n) is 2.23. The molecule has 1 N–H and O–H groups in total. The van der Waals surface area contributed by atoms with Gasteiger partial charge in [0.05, 0.1) is 22.3 Å². The Labute approximate surface area is 89.2 Å². The van der Waals surface area contributed by atoms with E-state index in [1.807, 2.05) is 0 Å². The number of carbonyl (C=O) groups is 1. The highest BCUT2D eigenvalue weighted by Gasteiger charge is 2.06. The molecule has 1 amide bonds. The van der Waals surface area contributed by atoms with Crippen molar-refractivity contribution in [2.75, 3.05) is 12.4 Å². The summed E-state index contributed by atoms with van der Waals surface area (Å²) in [5, 5.41) is 2.92. The van der Waals surface area contributed by atoms with Crippen molar-refractivity contribution >= 4 is 39.6 Å². The minimum atomic E-state index is 0.458. The first kappa shape index (κ1) is 10.3. The molecule has 0 aliphatic carbocycles. The van der Waals surface area contributed by atoms with Gasteiger partial charge in [-0.25, -0.2) is 0 Å². The number of hydrogen-bond acceptors (Lipinski definition) is 2. The van der Waals surface area contributed by atoms with Crippen LogP contribution < -0.4 is 10.1 Å². The predicted molar refractivity (Wildman–Crippen MR) is 55.4 cm³/mol. The van der Waals surface area contributed by atoms with Crippen LogP contribution in [0.3, 0.4) is 0 Å². The lowest BCUT2D eigenvalue weighted by molar-refractivity contribution is -0.105. The maximum Gasteiger partial charge on any atom is 0.211 e. The summed E-state index contributed by atoms with van der Waals surface area (Å²) in [6.45, 7) is 0. The van der Waals surface area contributed by atoms with E-state index in [0.717, 1.165) is 4.47 Å². The molecule has 0 radical (unpaired) electrons. The average molecular weight is 265 g/mol. The normalized spacial score (nSPS) is 9.46. The van der Waals surface area contributed by atoms with Gasteiger partial charge in [-0.05, 0) is 22.0 Å². The fourth-order valence-electron chi connectivity index (χ4n) is 0.860. The minimum Gasteiger partial charge on any atom is -0.495 e. The molecule has 5 heteroatoms. The van der Waals surface area contributed by atoms with Gasteiger partial charge in [0.2, 0.25) is 6.41 Å². The molecule has 1 aromatic rings. The molecular weight excluding hydrogens is 257 g/mol. The number of amides is 1. The first-order valence-corrected chi connectivity index (χ1v) is 4.59. The Kier molecular flexibility index (Phi) is 3.57. The van der Waals surface area contributed by atoms with Crippen molar-refractivity contribution in [3.8, 4) is 5.75 Å². The SMILES string of the molecule is COc1cc(NC=O)c(Cl)cc1Br. The molecule has 0 atom stereocenters. The van der Waals surface area contributed by atoms with Crippen LogP contribution in [0, 0.1) is 0 Å². The number of nitrogens with one attached hydrogen (secondary N) is 1. The number of benzene rings is 1. The summed E-state index contributed by atoms with van der Waals surface area (Å²) in [5.74, 6) is 0.619. The monoisotopic (exact) mass is 263 g/mol. The van der Waals surface area contributed by atoms with Gasteiger partial charge in [0.15, 0.2) is 0 Å². The molecule has 1 rings (SSSR count). The summed E-state index contributed by atoms with van der Waals surface area (Å²) in [4.78, 5) is 10.2. The standard InChI is InChI=1S/C8H7BrClNO2/c1-13-8-3-7(11-4-12)6(10)2-5(8)9/h2-4H,1H3,(H,11,12). The molecule has 0 aliphatic heterocycles. The van der Waals surface area contributed by atoms with E-state index in [1.165, 1.54) is 0 Å².